The predicted molar refractivity (Wildman–Crippen MR) is 161 cm³/mol. The molecule has 36 heavy (non-hydrogen) atoms. The summed E-state index contributed by atoms with van der Waals surface area (Å²) in [4.78, 5) is 11.9. The molecule has 0 fully saturated rings. The quantitative estimate of drug-likeness (QED) is 0.0572. The first-order valence-electron chi connectivity index (χ1n) is 16.5. The molecule has 2 nitrogen and oxygen atoms in total. The van der Waals surface area contributed by atoms with Crippen molar-refractivity contribution in [3.05, 3.63) is 12.2 Å². The van der Waals surface area contributed by atoms with Gasteiger partial charge in [0.1, 0.15) is 0 Å². The maximum atomic E-state index is 11.9. The monoisotopic (exact) mass is 507 g/mol. The Balaban J connectivity index is 3.20. The maximum absolute atomic E-state index is 11.9. The summed E-state index contributed by atoms with van der Waals surface area (Å²) in [7, 11) is 0. The fourth-order valence-electron chi connectivity index (χ4n) is 4.84. The first-order chi connectivity index (χ1) is 17.7. The largest absolute Gasteiger partial charge is 0.466 e. The van der Waals surface area contributed by atoms with Gasteiger partial charge in [-0.2, -0.15) is 0 Å². The molecule has 0 spiro atoms. The number of carbonyl (C=O) groups excluding carboxylic acids is 1. The van der Waals surface area contributed by atoms with Crippen molar-refractivity contribution in [3.8, 4) is 0 Å². The summed E-state index contributed by atoms with van der Waals surface area (Å²) >= 11 is 0. The van der Waals surface area contributed by atoms with Crippen molar-refractivity contribution in [2.24, 2.45) is 5.92 Å². The van der Waals surface area contributed by atoms with Gasteiger partial charge in [0.25, 0.3) is 0 Å². The summed E-state index contributed by atoms with van der Waals surface area (Å²) in [6.07, 6.45) is 38.3. The Morgan fingerprint density at radius 2 is 0.972 bits per heavy atom. The maximum Gasteiger partial charge on any atom is 0.305 e. The lowest BCUT2D eigenvalue weighted by Crippen LogP contribution is -2.05. The van der Waals surface area contributed by atoms with E-state index >= 15 is 0 Å². The van der Waals surface area contributed by atoms with E-state index in [9.17, 15) is 4.79 Å². The van der Waals surface area contributed by atoms with Crippen LogP contribution in [0.5, 0.6) is 0 Å². The van der Waals surface area contributed by atoms with Crippen LogP contribution in [0.1, 0.15) is 188 Å². The zero-order chi connectivity index (χ0) is 26.4. The van der Waals surface area contributed by atoms with Gasteiger partial charge in [-0.15, -0.1) is 0 Å². The fourth-order valence-corrected chi connectivity index (χ4v) is 4.84. The van der Waals surface area contributed by atoms with Crippen molar-refractivity contribution < 1.29 is 9.53 Å². The molecule has 0 N–H and O–H groups in total. The molecule has 0 aliphatic carbocycles. The number of hydrogen-bond acceptors (Lipinski definition) is 2. The van der Waals surface area contributed by atoms with E-state index in [1.165, 1.54) is 141 Å². The van der Waals surface area contributed by atoms with Crippen molar-refractivity contribution in [2.45, 2.75) is 188 Å². The summed E-state index contributed by atoms with van der Waals surface area (Å²) in [5.41, 5.74) is 0. The van der Waals surface area contributed by atoms with Crippen molar-refractivity contribution >= 4 is 5.97 Å². The lowest BCUT2D eigenvalue weighted by Gasteiger charge is -2.06. The van der Waals surface area contributed by atoms with Gasteiger partial charge in [0.05, 0.1) is 6.61 Å². The van der Waals surface area contributed by atoms with Crippen LogP contribution in [0.3, 0.4) is 0 Å². The molecule has 0 heterocycles. The molecule has 0 radical (unpaired) electrons. The summed E-state index contributed by atoms with van der Waals surface area (Å²) < 4.78 is 5.42. The van der Waals surface area contributed by atoms with Crippen molar-refractivity contribution in [1.29, 1.82) is 0 Å². The van der Waals surface area contributed by atoms with Crippen LogP contribution in [0.4, 0.5) is 0 Å². The highest BCUT2D eigenvalue weighted by Crippen LogP contribution is 2.14. The van der Waals surface area contributed by atoms with E-state index in [-0.39, 0.29) is 5.97 Å². The Bertz CT molecular complexity index is 454. The number of unbranched alkanes of at least 4 members (excludes halogenated alkanes) is 21. The third-order valence-electron chi connectivity index (χ3n) is 7.33. The van der Waals surface area contributed by atoms with Crippen LogP contribution in [-0.4, -0.2) is 12.6 Å². The van der Waals surface area contributed by atoms with Crippen molar-refractivity contribution in [1.82, 2.24) is 0 Å². The number of allylic oxidation sites excluding steroid dienone is 2. The molecule has 0 bridgehead atoms. The van der Waals surface area contributed by atoms with Gasteiger partial charge in [0.2, 0.25) is 0 Å². The Morgan fingerprint density at radius 3 is 1.47 bits per heavy atom. The molecule has 0 saturated carbocycles. The Kier molecular flexibility index (Phi) is 29.8. The summed E-state index contributed by atoms with van der Waals surface area (Å²) in [6, 6.07) is 0. The zero-order valence-corrected chi connectivity index (χ0v) is 25.1. The van der Waals surface area contributed by atoms with Gasteiger partial charge in [-0.25, -0.2) is 0 Å². The van der Waals surface area contributed by atoms with Crippen LogP contribution >= 0.6 is 0 Å². The van der Waals surface area contributed by atoms with E-state index in [2.05, 4.69) is 32.9 Å². The molecule has 0 aliphatic heterocycles. The minimum Gasteiger partial charge on any atom is -0.466 e. The average molecular weight is 507 g/mol. The molecule has 0 atom stereocenters. The minimum atomic E-state index is 0.0148. The molecule has 0 aromatic heterocycles. The zero-order valence-electron chi connectivity index (χ0n) is 25.1. The topological polar surface area (TPSA) is 26.3 Å². The summed E-state index contributed by atoms with van der Waals surface area (Å²) in [5.74, 6) is 0.881. The molecule has 0 aromatic rings. The number of ether oxygens (including phenoxy) is 1. The molecular weight excluding hydrogens is 440 g/mol. The predicted octanol–water partition coefficient (Wildman–Crippen LogP) is 11.9. The average Bonchev–Trinajstić information content (AvgIpc) is 2.86. The molecular formula is C34H66O2. The number of esters is 1. The van der Waals surface area contributed by atoms with Gasteiger partial charge in [-0.3, -0.25) is 4.79 Å². The first-order valence-corrected chi connectivity index (χ1v) is 16.5. The van der Waals surface area contributed by atoms with E-state index in [0.717, 1.165) is 25.2 Å². The second kappa shape index (κ2) is 30.4. The number of rotatable bonds is 29. The molecule has 0 rings (SSSR count). The van der Waals surface area contributed by atoms with E-state index in [1.54, 1.807) is 0 Å². The summed E-state index contributed by atoms with van der Waals surface area (Å²) in [5, 5.41) is 0. The normalized spacial score (nSPS) is 11.7. The number of carbonyl (C=O) groups is 1. The van der Waals surface area contributed by atoms with Crippen LogP contribution in [0.2, 0.25) is 0 Å². The molecule has 0 aromatic carbocycles. The van der Waals surface area contributed by atoms with Gasteiger partial charge < -0.3 is 4.74 Å². The Morgan fingerprint density at radius 1 is 0.556 bits per heavy atom. The van der Waals surface area contributed by atoms with Crippen LogP contribution in [0.15, 0.2) is 12.2 Å². The lowest BCUT2D eigenvalue weighted by atomic mass is 10.0. The van der Waals surface area contributed by atoms with E-state index in [1.807, 2.05) is 0 Å². The van der Waals surface area contributed by atoms with Crippen LogP contribution in [0, 0.1) is 5.92 Å². The molecule has 0 unspecified atom stereocenters. The van der Waals surface area contributed by atoms with E-state index in [4.69, 9.17) is 4.74 Å². The fraction of sp³-hybridized carbons (Fsp3) is 0.912. The Labute approximate surface area is 227 Å². The molecule has 2 heteroatoms. The van der Waals surface area contributed by atoms with Gasteiger partial charge in [-0.1, -0.05) is 155 Å². The highest BCUT2D eigenvalue weighted by Gasteiger charge is 2.02. The van der Waals surface area contributed by atoms with E-state index in [0.29, 0.717) is 13.0 Å². The van der Waals surface area contributed by atoms with Gasteiger partial charge in [-0.05, 0) is 44.4 Å². The highest BCUT2D eigenvalue weighted by atomic mass is 16.5. The third kappa shape index (κ3) is 31.2. The first kappa shape index (κ1) is 35.2. The smallest absolute Gasteiger partial charge is 0.305 e. The molecule has 0 saturated heterocycles. The van der Waals surface area contributed by atoms with Crippen LogP contribution < -0.4 is 0 Å². The minimum absolute atomic E-state index is 0.0148. The Hall–Kier alpha value is -0.790. The van der Waals surface area contributed by atoms with Crippen LogP contribution in [0.25, 0.3) is 0 Å². The van der Waals surface area contributed by atoms with Gasteiger partial charge in [0.15, 0.2) is 0 Å². The van der Waals surface area contributed by atoms with Crippen molar-refractivity contribution in [2.75, 3.05) is 6.61 Å². The SMILES string of the molecule is CCCCCCCC/C=C\CCCCCCCC(=O)OCCCCCCCCCCCCCC(C)C. The molecule has 0 aliphatic rings. The highest BCUT2D eigenvalue weighted by molar-refractivity contribution is 5.69. The van der Waals surface area contributed by atoms with Crippen LogP contribution in [-0.2, 0) is 9.53 Å². The van der Waals surface area contributed by atoms with Crippen molar-refractivity contribution in [3.63, 3.8) is 0 Å². The third-order valence-corrected chi connectivity index (χ3v) is 7.33. The van der Waals surface area contributed by atoms with Gasteiger partial charge >= 0.3 is 5.97 Å². The summed E-state index contributed by atoms with van der Waals surface area (Å²) in [6.45, 7) is 7.55. The lowest BCUT2D eigenvalue weighted by molar-refractivity contribution is -0.143. The van der Waals surface area contributed by atoms with Gasteiger partial charge in [0, 0.05) is 6.42 Å². The second-order valence-corrected chi connectivity index (χ2v) is 11.6. The second-order valence-electron chi connectivity index (χ2n) is 11.6. The number of hydrogen-bond donors (Lipinski definition) is 0. The molecule has 0 amide bonds. The standard InChI is InChI=1S/C34H66O2/c1-4-5-6-7-8-9-10-11-12-13-16-19-22-25-28-31-34(35)36-32-29-26-23-20-17-14-15-18-21-24-27-30-33(2)3/h11-12,33H,4-10,13-32H2,1-3H3/b12-11-. The van der Waals surface area contributed by atoms with E-state index < -0.39 is 0 Å². The molecule has 214 valence electrons.